The van der Waals surface area contributed by atoms with Crippen molar-refractivity contribution >= 4 is 5.97 Å². The van der Waals surface area contributed by atoms with Crippen LogP contribution in [0.5, 0.6) is 0 Å². The van der Waals surface area contributed by atoms with Crippen LogP contribution in [0.15, 0.2) is 54.6 Å². The van der Waals surface area contributed by atoms with Crippen LogP contribution in [0.25, 0.3) is 0 Å². The monoisotopic (exact) mass is 337 g/mol. The van der Waals surface area contributed by atoms with E-state index < -0.39 is 5.60 Å². The van der Waals surface area contributed by atoms with Gasteiger partial charge in [0.15, 0.2) is 0 Å². The molecule has 0 bridgehead atoms. The zero-order valence-electron chi connectivity index (χ0n) is 15.0. The number of rotatable bonds is 6. The van der Waals surface area contributed by atoms with E-state index in [1.165, 1.54) is 11.1 Å². The van der Waals surface area contributed by atoms with Gasteiger partial charge in [-0.15, -0.1) is 0 Å². The van der Waals surface area contributed by atoms with E-state index >= 15 is 0 Å². The van der Waals surface area contributed by atoms with E-state index in [1.807, 2.05) is 18.2 Å². The number of carbonyl (C=O) groups excluding carboxylic acids is 1. The third-order valence-corrected chi connectivity index (χ3v) is 4.99. The second kappa shape index (κ2) is 8.30. The molecule has 1 heterocycles. The lowest BCUT2D eigenvalue weighted by atomic mass is 9.84. The number of hydrogen-bond acceptors (Lipinski definition) is 3. The summed E-state index contributed by atoms with van der Waals surface area (Å²) in [6.07, 6.45) is 3.87. The van der Waals surface area contributed by atoms with E-state index in [1.54, 1.807) is 0 Å². The smallest absolute Gasteiger partial charge is 0.306 e. The molecule has 0 radical (unpaired) electrons. The van der Waals surface area contributed by atoms with E-state index in [4.69, 9.17) is 4.74 Å². The summed E-state index contributed by atoms with van der Waals surface area (Å²) in [4.78, 5) is 12.5. The van der Waals surface area contributed by atoms with Crippen LogP contribution in [-0.2, 0) is 21.6 Å². The zero-order chi connectivity index (χ0) is 17.5. The number of esters is 1. The van der Waals surface area contributed by atoms with Gasteiger partial charge in [0.05, 0.1) is 0 Å². The highest BCUT2D eigenvalue weighted by Gasteiger charge is 2.37. The molecular weight excluding hydrogens is 310 g/mol. The minimum absolute atomic E-state index is 0.0853. The number of benzene rings is 2. The summed E-state index contributed by atoms with van der Waals surface area (Å²) in [6, 6.07) is 18.7. The molecule has 2 aromatic carbocycles. The van der Waals surface area contributed by atoms with E-state index in [9.17, 15) is 4.79 Å². The molecule has 3 nitrogen and oxygen atoms in total. The number of carbonyl (C=O) groups is 1. The minimum atomic E-state index is -0.465. The molecule has 0 amide bonds. The van der Waals surface area contributed by atoms with Gasteiger partial charge in [0.2, 0.25) is 0 Å². The van der Waals surface area contributed by atoms with E-state index in [0.29, 0.717) is 6.42 Å². The molecule has 0 spiro atoms. The number of aryl methyl sites for hydroxylation is 2. The molecule has 0 aliphatic carbocycles. The summed E-state index contributed by atoms with van der Waals surface area (Å²) in [5.74, 6) is -0.0853. The average Bonchev–Trinajstić information content (AvgIpc) is 2.65. The molecule has 1 aliphatic rings. The highest BCUT2D eigenvalue weighted by atomic mass is 16.6. The lowest BCUT2D eigenvalue weighted by molar-refractivity contribution is -0.164. The van der Waals surface area contributed by atoms with Gasteiger partial charge in [-0.05, 0) is 44.0 Å². The summed E-state index contributed by atoms with van der Waals surface area (Å²) in [5, 5.41) is 3.36. The highest BCUT2D eigenvalue weighted by molar-refractivity contribution is 5.70. The van der Waals surface area contributed by atoms with Crippen molar-refractivity contribution in [2.75, 3.05) is 13.1 Å². The number of nitrogens with one attached hydrogen (secondary N) is 1. The Morgan fingerprint density at radius 1 is 1.04 bits per heavy atom. The molecule has 0 atom stereocenters. The van der Waals surface area contributed by atoms with Crippen molar-refractivity contribution in [3.8, 4) is 0 Å². The van der Waals surface area contributed by atoms with Gasteiger partial charge in [0.25, 0.3) is 0 Å². The number of ether oxygens (including phenoxy) is 1. The molecule has 1 N–H and O–H groups in total. The van der Waals surface area contributed by atoms with Crippen LogP contribution >= 0.6 is 0 Å². The Morgan fingerprint density at radius 2 is 1.72 bits per heavy atom. The van der Waals surface area contributed by atoms with Gasteiger partial charge in [-0.25, -0.2) is 0 Å². The van der Waals surface area contributed by atoms with Crippen LogP contribution in [0.1, 0.15) is 42.4 Å². The van der Waals surface area contributed by atoms with Crippen LogP contribution in [0.3, 0.4) is 0 Å². The first-order chi connectivity index (χ1) is 12.2. The highest BCUT2D eigenvalue weighted by Crippen LogP contribution is 2.35. The molecule has 0 saturated carbocycles. The van der Waals surface area contributed by atoms with E-state index in [2.05, 4.69) is 48.6 Å². The summed E-state index contributed by atoms with van der Waals surface area (Å²) in [7, 11) is 0. The van der Waals surface area contributed by atoms with Gasteiger partial charge in [-0.1, -0.05) is 60.2 Å². The Labute approximate surface area is 150 Å². The standard InChI is InChI=1S/C22H27NO2/c1-18-10-12-19(13-11-18)6-5-9-21(24)25-22(14-16-23-17-15-22)20-7-3-2-4-8-20/h2-4,7-8,10-13,23H,5-6,9,14-17H2,1H3. The largest absolute Gasteiger partial charge is 0.454 e. The molecule has 1 saturated heterocycles. The Hall–Kier alpha value is -2.13. The van der Waals surface area contributed by atoms with Gasteiger partial charge in [0.1, 0.15) is 5.60 Å². The second-order valence-corrected chi connectivity index (χ2v) is 6.92. The van der Waals surface area contributed by atoms with E-state index in [-0.39, 0.29) is 5.97 Å². The van der Waals surface area contributed by atoms with Crippen molar-refractivity contribution in [3.63, 3.8) is 0 Å². The average molecular weight is 337 g/mol. The first kappa shape index (κ1) is 17.7. The molecule has 3 heteroatoms. The Balaban J connectivity index is 1.58. The molecule has 1 aliphatic heterocycles. The summed E-state index contributed by atoms with van der Waals surface area (Å²) >= 11 is 0. The van der Waals surface area contributed by atoms with Crippen molar-refractivity contribution in [2.45, 2.75) is 44.6 Å². The first-order valence-corrected chi connectivity index (χ1v) is 9.22. The quantitative estimate of drug-likeness (QED) is 0.805. The van der Waals surface area contributed by atoms with Crippen LogP contribution in [0.2, 0.25) is 0 Å². The van der Waals surface area contributed by atoms with Gasteiger partial charge in [0, 0.05) is 19.3 Å². The summed E-state index contributed by atoms with van der Waals surface area (Å²) in [6.45, 7) is 3.85. The number of hydrogen-bond donors (Lipinski definition) is 1. The minimum Gasteiger partial charge on any atom is -0.454 e. The Kier molecular flexibility index (Phi) is 5.87. The van der Waals surface area contributed by atoms with Crippen LogP contribution in [0.4, 0.5) is 0 Å². The van der Waals surface area contributed by atoms with Crippen molar-refractivity contribution in [2.24, 2.45) is 0 Å². The van der Waals surface area contributed by atoms with Crippen LogP contribution in [-0.4, -0.2) is 19.1 Å². The Morgan fingerprint density at radius 3 is 2.40 bits per heavy atom. The SMILES string of the molecule is Cc1ccc(CCCC(=O)OC2(c3ccccc3)CCNCC2)cc1. The second-order valence-electron chi connectivity index (χ2n) is 6.92. The van der Waals surface area contributed by atoms with Crippen LogP contribution < -0.4 is 5.32 Å². The molecular formula is C22H27NO2. The normalized spacial score (nSPS) is 16.4. The van der Waals surface area contributed by atoms with Crippen molar-refractivity contribution < 1.29 is 9.53 Å². The maximum atomic E-state index is 12.5. The lowest BCUT2D eigenvalue weighted by Gasteiger charge is -2.37. The van der Waals surface area contributed by atoms with Crippen molar-refractivity contribution in [3.05, 3.63) is 71.3 Å². The van der Waals surface area contributed by atoms with Crippen molar-refractivity contribution in [1.82, 2.24) is 5.32 Å². The van der Waals surface area contributed by atoms with Crippen LogP contribution in [0, 0.1) is 6.92 Å². The fraction of sp³-hybridized carbons (Fsp3) is 0.409. The predicted octanol–water partition coefficient (Wildman–Crippen LogP) is 4.14. The van der Waals surface area contributed by atoms with Crippen molar-refractivity contribution in [1.29, 1.82) is 0 Å². The fourth-order valence-electron chi connectivity index (χ4n) is 3.48. The van der Waals surface area contributed by atoms with Gasteiger partial charge < -0.3 is 10.1 Å². The third-order valence-electron chi connectivity index (χ3n) is 4.99. The molecule has 132 valence electrons. The molecule has 0 unspecified atom stereocenters. The number of piperidine rings is 1. The fourth-order valence-corrected chi connectivity index (χ4v) is 3.48. The van der Waals surface area contributed by atoms with Gasteiger partial charge in [-0.3, -0.25) is 4.79 Å². The maximum absolute atomic E-state index is 12.5. The molecule has 0 aromatic heterocycles. The zero-order valence-corrected chi connectivity index (χ0v) is 15.0. The maximum Gasteiger partial charge on any atom is 0.306 e. The lowest BCUT2D eigenvalue weighted by Crippen LogP contribution is -2.43. The molecule has 3 rings (SSSR count). The molecule has 2 aromatic rings. The van der Waals surface area contributed by atoms with Gasteiger partial charge >= 0.3 is 5.97 Å². The molecule has 1 fully saturated rings. The first-order valence-electron chi connectivity index (χ1n) is 9.22. The topological polar surface area (TPSA) is 38.3 Å². The van der Waals surface area contributed by atoms with Gasteiger partial charge in [-0.2, -0.15) is 0 Å². The Bertz CT molecular complexity index is 673. The van der Waals surface area contributed by atoms with E-state index in [0.717, 1.165) is 44.3 Å². The summed E-state index contributed by atoms with van der Waals surface area (Å²) in [5.41, 5.74) is 3.19. The predicted molar refractivity (Wildman–Crippen MR) is 100 cm³/mol. The third kappa shape index (κ3) is 4.70. The summed E-state index contributed by atoms with van der Waals surface area (Å²) < 4.78 is 6.04. The molecule has 25 heavy (non-hydrogen) atoms.